The molecule has 1 fully saturated rings. The van der Waals surface area contributed by atoms with Gasteiger partial charge >= 0.3 is 0 Å². The molecule has 1 N–H and O–H groups in total. The largest absolute Gasteiger partial charge is 0.481 e. The van der Waals surface area contributed by atoms with Crippen molar-refractivity contribution in [2.75, 3.05) is 38.8 Å². The number of likely N-dealkylation sites (tertiary alicyclic amines) is 1. The number of aromatic nitrogens is 2. The molecular weight excluding hydrogens is 377 g/mol. The van der Waals surface area contributed by atoms with Gasteiger partial charge in [-0.25, -0.2) is 14.4 Å². The second-order valence-electron chi connectivity index (χ2n) is 6.58. The summed E-state index contributed by atoms with van der Waals surface area (Å²) in [4.78, 5) is 11.2. The molecule has 1 aromatic carbocycles. The summed E-state index contributed by atoms with van der Waals surface area (Å²) in [5.74, 6) is 0.354. The third-order valence-corrected chi connectivity index (χ3v) is 5.64. The summed E-state index contributed by atoms with van der Waals surface area (Å²) in [7, 11) is 3.45. The Bertz CT molecular complexity index is 1010. The Morgan fingerprint density at radius 3 is 2.79 bits per heavy atom. The minimum atomic E-state index is -0.220. The maximum Gasteiger partial charge on any atom is 0.213 e. The van der Waals surface area contributed by atoms with Gasteiger partial charge in [0.15, 0.2) is 5.17 Å². The van der Waals surface area contributed by atoms with Crippen molar-refractivity contribution in [1.29, 1.82) is 0 Å². The first-order valence-corrected chi connectivity index (χ1v) is 10.2. The monoisotopic (exact) mass is 399 g/mol. The fourth-order valence-electron chi connectivity index (χ4n) is 3.43. The van der Waals surface area contributed by atoms with Gasteiger partial charge in [0.1, 0.15) is 5.82 Å². The number of aliphatic imine (C=N–C) groups is 1. The number of nitrogens with one attached hydrogen (secondary N) is 1. The van der Waals surface area contributed by atoms with Crippen LogP contribution in [0.5, 0.6) is 5.88 Å². The van der Waals surface area contributed by atoms with Gasteiger partial charge in [0.05, 0.1) is 36.2 Å². The Labute approximate surface area is 167 Å². The molecule has 6 nitrogen and oxygen atoms in total. The van der Waals surface area contributed by atoms with Crippen LogP contribution < -0.4 is 10.1 Å². The lowest BCUT2D eigenvalue weighted by Crippen LogP contribution is -2.49. The highest BCUT2D eigenvalue weighted by molar-refractivity contribution is 8.13. The Kier molecular flexibility index (Phi) is 5.13. The van der Waals surface area contributed by atoms with Gasteiger partial charge in [0.25, 0.3) is 0 Å². The predicted molar refractivity (Wildman–Crippen MR) is 113 cm³/mol. The van der Waals surface area contributed by atoms with Gasteiger partial charge in [-0.1, -0.05) is 11.8 Å². The number of thioether (sulfide) groups is 1. The molecule has 1 aliphatic rings. The van der Waals surface area contributed by atoms with E-state index in [9.17, 15) is 4.39 Å². The molecule has 0 bridgehead atoms. The van der Waals surface area contributed by atoms with Crippen LogP contribution in [0.4, 0.5) is 15.8 Å². The van der Waals surface area contributed by atoms with Crippen molar-refractivity contribution < 1.29 is 9.13 Å². The van der Waals surface area contributed by atoms with Gasteiger partial charge in [0.2, 0.25) is 5.88 Å². The van der Waals surface area contributed by atoms with E-state index in [4.69, 9.17) is 9.73 Å². The Morgan fingerprint density at radius 2 is 2.14 bits per heavy atom. The molecule has 0 atom stereocenters. The van der Waals surface area contributed by atoms with E-state index in [1.807, 2.05) is 25.4 Å². The van der Waals surface area contributed by atoms with Crippen molar-refractivity contribution in [2.45, 2.75) is 6.04 Å². The lowest BCUT2D eigenvalue weighted by molar-refractivity contribution is 0.201. The average molecular weight is 399 g/mol. The molecule has 1 saturated heterocycles. The van der Waals surface area contributed by atoms with Crippen molar-refractivity contribution >= 4 is 39.2 Å². The molecular formula is C20H22FN5OS. The lowest BCUT2D eigenvalue weighted by atomic mass is 10.1. The molecule has 0 amide bonds. The number of anilines is 1. The zero-order valence-electron chi connectivity index (χ0n) is 16.0. The molecule has 1 aliphatic heterocycles. The number of methoxy groups -OCH3 is 1. The van der Waals surface area contributed by atoms with Crippen LogP contribution in [0.15, 0.2) is 47.7 Å². The summed E-state index contributed by atoms with van der Waals surface area (Å²) in [6.07, 6.45) is 5.80. The number of nitrogens with zero attached hydrogens (tertiary/aromatic N) is 4. The highest BCUT2D eigenvalue weighted by atomic mass is 32.2. The first-order valence-electron chi connectivity index (χ1n) is 8.98. The van der Waals surface area contributed by atoms with Crippen molar-refractivity contribution in [3.8, 4) is 5.88 Å². The Hall–Kier alpha value is -2.74. The number of benzene rings is 1. The van der Waals surface area contributed by atoms with Gasteiger partial charge < -0.3 is 19.5 Å². The molecule has 28 heavy (non-hydrogen) atoms. The lowest BCUT2D eigenvalue weighted by Gasteiger charge is -2.41. The third kappa shape index (κ3) is 3.40. The Balaban J connectivity index is 1.53. The minimum absolute atomic E-state index is 0.220. The van der Waals surface area contributed by atoms with Gasteiger partial charge in [-0.15, -0.1) is 0 Å². The number of halogens is 1. The molecule has 3 heterocycles. The van der Waals surface area contributed by atoms with Crippen LogP contribution in [0.2, 0.25) is 0 Å². The predicted octanol–water partition coefficient (Wildman–Crippen LogP) is 4.13. The molecule has 3 aromatic rings. The second-order valence-corrected chi connectivity index (χ2v) is 7.35. The molecule has 4 rings (SSSR count). The fourth-order valence-corrected chi connectivity index (χ4v) is 4.04. The summed E-state index contributed by atoms with van der Waals surface area (Å²) in [5.41, 5.74) is 2.78. The van der Waals surface area contributed by atoms with E-state index in [-0.39, 0.29) is 5.82 Å². The quantitative estimate of drug-likeness (QED) is 0.528. The number of fused-ring (bicyclic) bond motifs is 1. The first kappa shape index (κ1) is 18.6. The van der Waals surface area contributed by atoms with E-state index in [2.05, 4.69) is 26.0 Å². The maximum atomic E-state index is 13.7. The maximum absolute atomic E-state index is 13.7. The number of rotatable bonds is 4. The minimum Gasteiger partial charge on any atom is -0.481 e. The zero-order valence-corrected chi connectivity index (χ0v) is 16.8. The number of ether oxygens (including phenoxy) is 1. The topological polar surface area (TPSA) is 54.7 Å². The van der Waals surface area contributed by atoms with E-state index in [0.29, 0.717) is 11.9 Å². The van der Waals surface area contributed by atoms with Gasteiger partial charge in [-0.2, -0.15) is 0 Å². The molecule has 0 spiro atoms. The van der Waals surface area contributed by atoms with E-state index >= 15 is 0 Å². The number of pyridine rings is 1. The van der Waals surface area contributed by atoms with Crippen molar-refractivity contribution in [2.24, 2.45) is 4.99 Å². The van der Waals surface area contributed by atoms with E-state index in [1.165, 1.54) is 6.07 Å². The van der Waals surface area contributed by atoms with Crippen LogP contribution >= 0.6 is 11.8 Å². The molecule has 0 aliphatic carbocycles. The summed E-state index contributed by atoms with van der Waals surface area (Å²) in [6, 6.07) is 8.97. The first-order chi connectivity index (χ1) is 13.6. The van der Waals surface area contributed by atoms with Gasteiger partial charge in [0, 0.05) is 37.8 Å². The van der Waals surface area contributed by atoms with E-state index < -0.39 is 0 Å². The van der Waals surface area contributed by atoms with Crippen LogP contribution in [-0.4, -0.2) is 53.1 Å². The standard InChI is InChI=1S/C20H22FN5OS/c1-22-17-12-26(18-6-4-13(21)8-16(17)18)15-10-25(11-15)20(28-3)24-14-5-7-19(27-2)23-9-14/h4-9,12,15,22H,10-11H2,1-3H3/b24-20+. The molecule has 0 unspecified atom stereocenters. The van der Waals surface area contributed by atoms with Crippen LogP contribution in [0.1, 0.15) is 6.04 Å². The average Bonchev–Trinajstić information content (AvgIpc) is 3.04. The fraction of sp³-hybridized carbons (Fsp3) is 0.300. The van der Waals surface area contributed by atoms with Crippen LogP contribution in [0, 0.1) is 5.82 Å². The summed E-state index contributed by atoms with van der Waals surface area (Å²) < 4.78 is 21.0. The van der Waals surface area contributed by atoms with E-state index in [1.54, 1.807) is 37.2 Å². The van der Waals surface area contributed by atoms with Crippen LogP contribution in [0.3, 0.4) is 0 Å². The summed E-state index contributed by atoms with van der Waals surface area (Å²) in [6.45, 7) is 1.71. The molecule has 0 saturated carbocycles. The van der Waals surface area contributed by atoms with Crippen molar-refractivity contribution in [3.63, 3.8) is 0 Å². The van der Waals surface area contributed by atoms with Crippen molar-refractivity contribution in [1.82, 2.24) is 14.5 Å². The zero-order chi connectivity index (χ0) is 19.7. The van der Waals surface area contributed by atoms with Crippen molar-refractivity contribution in [3.05, 3.63) is 48.5 Å². The summed E-state index contributed by atoms with van der Waals surface area (Å²) in [5, 5.41) is 5.03. The highest BCUT2D eigenvalue weighted by Gasteiger charge is 2.31. The number of hydrogen-bond acceptors (Lipinski definition) is 5. The molecule has 8 heteroatoms. The SMILES string of the molecule is CNc1cn(C2CN(/C(=N\c3ccc(OC)nc3)SC)C2)c2ccc(F)cc12. The van der Waals surface area contributed by atoms with Crippen LogP contribution in [0.25, 0.3) is 10.9 Å². The molecule has 2 aromatic heterocycles. The smallest absolute Gasteiger partial charge is 0.213 e. The normalized spacial score (nSPS) is 15.0. The number of hydrogen-bond donors (Lipinski definition) is 1. The molecule has 0 radical (unpaired) electrons. The second kappa shape index (κ2) is 7.71. The summed E-state index contributed by atoms with van der Waals surface area (Å²) >= 11 is 1.62. The number of amidine groups is 1. The Morgan fingerprint density at radius 1 is 1.32 bits per heavy atom. The van der Waals surface area contributed by atoms with E-state index in [0.717, 1.165) is 40.5 Å². The molecule has 146 valence electrons. The third-order valence-electron chi connectivity index (χ3n) is 4.93. The van der Waals surface area contributed by atoms with Crippen LogP contribution in [-0.2, 0) is 0 Å². The van der Waals surface area contributed by atoms with Gasteiger partial charge in [-0.3, -0.25) is 0 Å². The highest BCUT2D eigenvalue weighted by Crippen LogP contribution is 2.34. The van der Waals surface area contributed by atoms with Gasteiger partial charge in [-0.05, 0) is 30.5 Å².